The maximum Gasteiger partial charge on any atom is 0.236 e. The van der Waals surface area contributed by atoms with Gasteiger partial charge in [-0.3, -0.25) is 9.59 Å². The van der Waals surface area contributed by atoms with E-state index in [0.29, 0.717) is 12.0 Å². The average Bonchev–Trinajstić information content (AvgIpc) is 2.49. The summed E-state index contributed by atoms with van der Waals surface area (Å²) >= 11 is 0. The number of ketones is 1. The summed E-state index contributed by atoms with van der Waals surface area (Å²) < 4.78 is 0. The second kappa shape index (κ2) is 4.44. The average molecular weight is 273 g/mol. The quantitative estimate of drug-likeness (QED) is 0.773. The molecular weight excluding hydrogens is 250 g/mol. The van der Waals surface area contributed by atoms with E-state index in [0.717, 1.165) is 11.3 Å². The molecular formula is C17H23NO2. The van der Waals surface area contributed by atoms with Gasteiger partial charge in [0.2, 0.25) is 5.91 Å². The summed E-state index contributed by atoms with van der Waals surface area (Å²) in [5.41, 5.74) is 1.98. The van der Waals surface area contributed by atoms with Crippen molar-refractivity contribution in [1.29, 1.82) is 0 Å². The van der Waals surface area contributed by atoms with Crippen molar-refractivity contribution in [3.05, 3.63) is 29.3 Å². The molecule has 1 aromatic carbocycles. The highest BCUT2D eigenvalue weighted by Gasteiger charge is 2.42. The number of carbonyl (C=O) groups excluding carboxylic acids is 2. The fourth-order valence-corrected chi connectivity index (χ4v) is 2.73. The van der Waals surface area contributed by atoms with Crippen LogP contribution in [0.25, 0.3) is 0 Å². The van der Waals surface area contributed by atoms with Crippen molar-refractivity contribution in [2.24, 2.45) is 5.41 Å². The van der Waals surface area contributed by atoms with E-state index >= 15 is 0 Å². The number of benzene rings is 1. The molecule has 0 saturated heterocycles. The van der Waals surface area contributed by atoms with Crippen LogP contribution in [0.2, 0.25) is 0 Å². The molecule has 0 bridgehead atoms. The molecule has 0 aromatic heterocycles. The van der Waals surface area contributed by atoms with Gasteiger partial charge in [-0.2, -0.15) is 0 Å². The number of anilines is 1. The SMILES string of the molecule is CN1C(=O)C(C)(C)c2cc(C(=O)CC(C)(C)C)ccc21. The Hall–Kier alpha value is -1.64. The van der Waals surface area contributed by atoms with E-state index in [-0.39, 0.29) is 17.1 Å². The summed E-state index contributed by atoms with van der Waals surface area (Å²) in [6, 6.07) is 5.61. The number of carbonyl (C=O) groups is 2. The van der Waals surface area contributed by atoms with E-state index < -0.39 is 5.41 Å². The van der Waals surface area contributed by atoms with E-state index in [1.807, 2.05) is 32.0 Å². The van der Waals surface area contributed by atoms with Gasteiger partial charge in [0.15, 0.2) is 5.78 Å². The Morgan fingerprint density at radius 1 is 1.25 bits per heavy atom. The molecule has 0 saturated carbocycles. The van der Waals surface area contributed by atoms with Gasteiger partial charge in [0.25, 0.3) is 0 Å². The van der Waals surface area contributed by atoms with Gasteiger partial charge in [-0.1, -0.05) is 20.8 Å². The van der Waals surface area contributed by atoms with E-state index in [1.165, 1.54) is 0 Å². The Morgan fingerprint density at radius 3 is 2.40 bits per heavy atom. The first-order valence-electron chi connectivity index (χ1n) is 7.00. The molecule has 3 heteroatoms. The summed E-state index contributed by atoms with van der Waals surface area (Å²) in [4.78, 5) is 26.2. The number of nitrogens with zero attached hydrogens (tertiary/aromatic N) is 1. The van der Waals surface area contributed by atoms with Crippen LogP contribution < -0.4 is 4.90 Å². The third-order valence-electron chi connectivity index (χ3n) is 3.88. The number of hydrogen-bond acceptors (Lipinski definition) is 2. The van der Waals surface area contributed by atoms with Crippen molar-refractivity contribution in [1.82, 2.24) is 0 Å². The van der Waals surface area contributed by atoms with Crippen LogP contribution in [0, 0.1) is 5.41 Å². The Balaban J connectivity index is 2.42. The summed E-state index contributed by atoms with van der Waals surface area (Å²) in [5, 5.41) is 0. The second-order valence-corrected chi connectivity index (χ2v) is 7.38. The van der Waals surface area contributed by atoms with Crippen LogP contribution in [0.1, 0.15) is 57.0 Å². The molecule has 3 nitrogen and oxygen atoms in total. The molecule has 0 spiro atoms. The molecule has 0 fully saturated rings. The second-order valence-electron chi connectivity index (χ2n) is 7.38. The van der Waals surface area contributed by atoms with Gasteiger partial charge in [0.05, 0.1) is 5.41 Å². The first-order chi connectivity index (χ1) is 9.04. The molecule has 108 valence electrons. The third-order valence-corrected chi connectivity index (χ3v) is 3.88. The lowest BCUT2D eigenvalue weighted by Gasteiger charge is -2.18. The minimum atomic E-state index is -0.553. The Kier molecular flexibility index (Phi) is 3.28. The van der Waals surface area contributed by atoms with Crippen LogP contribution in [-0.4, -0.2) is 18.7 Å². The lowest BCUT2D eigenvalue weighted by atomic mass is 9.83. The molecule has 1 aromatic rings. The van der Waals surface area contributed by atoms with Crippen LogP contribution >= 0.6 is 0 Å². The zero-order chi connectivity index (χ0) is 15.3. The van der Waals surface area contributed by atoms with E-state index in [4.69, 9.17) is 0 Å². The number of amides is 1. The van der Waals surface area contributed by atoms with Crippen molar-refractivity contribution in [3.8, 4) is 0 Å². The van der Waals surface area contributed by atoms with Gasteiger partial charge >= 0.3 is 0 Å². The highest BCUT2D eigenvalue weighted by Crippen LogP contribution is 2.41. The van der Waals surface area contributed by atoms with Gasteiger partial charge in [0, 0.05) is 24.7 Å². The minimum absolute atomic E-state index is 0.0295. The first kappa shape index (κ1) is 14.8. The van der Waals surface area contributed by atoms with Gasteiger partial charge in [-0.25, -0.2) is 0 Å². The number of likely N-dealkylation sites (N-methyl/N-ethyl adjacent to an activating group) is 1. The molecule has 1 aliphatic heterocycles. The normalized spacial score (nSPS) is 17.3. The standard InChI is InChI=1S/C17H23NO2/c1-16(2,3)10-14(19)11-7-8-13-12(9-11)17(4,5)15(20)18(13)6/h7-9H,10H2,1-6H3. The topological polar surface area (TPSA) is 37.4 Å². The zero-order valence-corrected chi connectivity index (χ0v) is 13.2. The van der Waals surface area contributed by atoms with Crippen LogP contribution in [-0.2, 0) is 10.2 Å². The fraction of sp³-hybridized carbons (Fsp3) is 0.529. The molecule has 20 heavy (non-hydrogen) atoms. The number of rotatable bonds is 2. The maximum absolute atomic E-state index is 12.3. The van der Waals surface area contributed by atoms with Gasteiger partial charge < -0.3 is 4.90 Å². The summed E-state index contributed by atoms with van der Waals surface area (Å²) in [5.74, 6) is 0.214. The molecule has 0 N–H and O–H groups in total. The van der Waals surface area contributed by atoms with E-state index in [9.17, 15) is 9.59 Å². The predicted octanol–water partition coefficient (Wildman–Crippen LogP) is 3.56. The first-order valence-corrected chi connectivity index (χ1v) is 7.00. The van der Waals surface area contributed by atoms with Crippen LogP contribution in [0.3, 0.4) is 0 Å². The summed E-state index contributed by atoms with van der Waals surface area (Å²) in [6.45, 7) is 9.99. The predicted molar refractivity (Wildman–Crippen MR) is 81.3 cm³/mol. The van der Waals surface area contributed by atoms with Crippen LogP contribution in [0.15, 0.2) is 18.2 Å². The summed E-state index contributed by atoms with van der Waals surface area (Å²) in [6.07, 6.45) is 0.510. The van der Waals surface area contributed by atoms with Gasteiger partial charge in [-0.15, -0.1) is 0 Å². The lowest BCUT2D eigenvalue weighted by Crippen LogP contribution is -2.33. The monoisotopic (exact) mass is 273 g/mol. The molecule has 0 unspecified atom stereocenters. The Morgan fingerprint density at radius 2 is 1.85 bits per heavy atom. The van der Waals surface area contributed by atoms with Crippen molar-refractivity contribution in [2.45, 2.75) is 46.5 Å². The minimum Gasteiger partial charge on any atom is -0.314 e. The molecule has 0 atom stereocenters. The third kappa shape index (κ3) is 2.37. The largest absolute Gasteiger partial charge is 0.314 e. The number of fused-ring (bicyclic) bond motifs is 1. The highest BCUT2D eigenvalue weighted by molar-refractivity contribution is 6.08. The van der Waals surface area contributed by atoms with E-state index in [2.05, 4.69) is 20.8 Å². The van der Waals surface area contributed by atoms with E-state index in [1.54, 1.807) is 11.9 Å². The zero-order valence-electron chi connectivity index (χ0n) is 13.2. The lowest BCUT2D eigenvalue weighted by molar-refractivity contribution is -0.121. The summed E-state index contributed by atoms with van der Waals surface area (Å²) in [7, 11) is 1.78. The molecule has 0 radical (unpaired) electrons. The van der Waals surface area contributed by atoms with Crippen molar-refractivity contribution >= 4 is 17.4 Å². The molecule has 1 amide bonds. The number of Topliss-reactive ketones (excluding diaryl/α,β-unsaturated/α-hetero) is 1. The Bertz CT molecular complexity index is 579. The molecule has 1 aliphatic rings. The highest BCUT2D eigenvalue weighted by atomic mass is 16.2. The van der Waals surface area contributed by atoms with Crippen molar-refractivity contribution in [3.63, 3.8) is 0 Å². The Labute approximate surface area is 121 Å². The fourth-order valence-electron chi connectivity index (χ4n) is 2.73. The van der Waals surface area contributed by atoms with Gasteiger partial charge in [0.1, 0.15) is 0 Å². The molecule has 1 heterocycles. The van der Waals surface area contributed by atoms with Crippen LogP contribution in [0.4, 0.5) is 5.69 Å². The molecule has 0 aliphatic carbocycles. The van der Waals surface area contributed by atoms with Gasteiger partial charge in [-0.05, 0) is 43.0 Å². The maximum atomic E-state index is 12.3. The number of hydrogen-bond donors (Lipinski definition) is 0. The molecule has 2 rings (SSSR count). The van der Waals surface area contributed by atoms with Crippen molar-refractivity contribution < 1.29 is 9.59 Å². The smallest absolute Gasteiger partial charge is 0.236 e. The van der Waals surface area contributed by atoms with Crippen molar-refractivity contribution in [2.75, 3.05) is 11.9 Å². The van der Waals surface area contributed by atoms with Crippen LogP contribution in [0.5, 0.6) is 0 Å².